The lowest BCUT2D eigenvalue weighted by atomic mass is 9.88. The molecule has 1 aromatic heterocycles. The first-order chi connectivity index (χ1) is 21.6. The van der Waals surface area contributed by atoms with Gasteiger partial charge in [0.15, 0.2) is 0 Å². The van der Waals surface area contributed by atoms with E-state index >= 15 is 0 Å². The predicted molar refractivity (Wildman–Crippen MR) is 167 cm³/mol. The highest BCUT2D eigenvalue weighted by Gasteiger charge is 2.35. The van der Waals surface area contributed by atoms with Crippen molar-refractivity contribution in [3.8, 4) is 17.8 Å². The summed E-state index contributed by atoms with van der Waals surface area (Å²) in [6.45, 7) is 11.0. The van der Waals surface area contributed by atoms with Gasteiger partial charge in [-0.3, -0.25) is 9.69 Å². The lowest BCUT2D eigenvalue weighted by Gasteiger charge is -2.43. The minimum atomic E-state index is -0.228. The highest BCUT2D eigenvalue weighted by molar-refractivity contribution is 5.87. The van der Waals surface area contributed by atoms with E-state index in [1.54, 1.807) is 12.0 Å². The Hall–Kier alpha value is -3.88. The van der Waals surface area contributed by atoms with Crippen LogP contribution in [-0.2, 0) is 28.8 Å². The van der Waals surface area contributed by atoms with E-state index in [0.717, 1.165) is 94.3 Å². The van der Waals surface area contributed by atoms with E-state index in [9.17, 15) is 10.1 Å². The second-order valence-corrected chi connectivity index (χ2v) is 11.9. The third-order valence-electron chi connectivity index (χ3n) is 9.40. The molecule has 44 heavy (non-hydrogen) atoms. The third kappa shape index (κ3) is 6.47. The number of rotatable bonds is 9. The molecule has 2 fully saturated rings. The summed E-state index contributed by atoms with van der Waals surface area (Å²) in [6, 6.07) is 9.20. The Bertz CT molecular complexity index is 1390. The number of carbonyl (C=O) groups excluding carboxylic acids is 1. The molecule has 0 saturated carbocycles. The number of methoxy groups -OCH3 is 1. The van der Waals surface area contributed by atoms with Crippen molar-refractivity contribution >= 4 is 17.4 Å². The normalized spacial score (nSPS) is 22.0. The molecule has 0 spiro atoms. The quantitative estimate of drug-likeness (QED) is 0.398. The molecule has 0 radical (unpaired) electrons. The molecule has 0 N–H and O–H groups in total. The van der Waals surface area contributed by atoms with Crippen LogP contribution in [0, 0.1) is 11.3 Å². The van der Waals surface area contributed by atoms with Gasteiger partial charge in [-0.25, -0.2) is 0 Å². The third-order valence-corrected chi connectivity index (χ3v) is 9.40. The Morgan fingerprint density at radius 1 is 1.18 bits per heavy atom. The van der Waals surface area contributed by atoms with Crippen LogP contribution < -0.4 is 19.3 Å². The fraction of sp³-hybridized carbons (Fsp3) is 0.576. The molecule has 1 aliphatic carbocycles. The van der Waals surface area contributed by atoms with Crippen LogP contribution in [0.4, 0.5) is 11.5 Å². The van der Waals surface area contributed by atoms with Crippen molar-refractivity contribution in [1.82, 2.24) is 19.8 Å². The minimum Gasteiger partial charge on any atom is -0.497 e. The Morgan fingerprint density at radius 2 is 2.05 bits per heavy atom. The van der Waals surface area contributed by atoms with Gasteiger partial charge in [-0.2, -0.15) is 15.2 Å². The number of benzene rings is 1. The minimum absolute atomic E-state index is 0.135. The molecule has 234 valence electrons. The summed E-state index contributed by atoms with van der Waals surface area (Å²) in [5.74, 6) is 1.65. The second kappa shape index (κ2) is 13.8. The van der Waals surface area contributed by atoms with Crippen molar-refractivity contribution in [3.63, 3.8) is 0 Å². The van der Waals surface area contributed by atoms with Gasteiger partial charge in [0, 0.05) is 69.5 Å². The number of fused-ring (bicyclic) bond motifs is 2. The van der Waals surface area contributed by atoms with Crippen LogP contribution in [0.1, 0.15) is 36.1 Å². The van der Waals surface area contributed by atoms with E-state index in [1.165, 1.54) is 17.3 Å². The van der Waals surface area contributed by atoms with Crippen molar-refractivity contribution in [2.75, 3.05) is 82.5 Å². The Balaban J connectivity index is 1.26. The predicted octanol–water partition coefficient (Wildman–Crippen LogP) is 2.62. The van der Waals surface area contributed by atoms with Crippen molar-refractivity contribution < 1.29 is 19.0 Å². The number of carbonyl (C=O) groups is 1. The number of nitriles is 1. The van der Waals surface area contributed by atoms with Gasteiger partial charge < -0.3 is 28.9 Å². The van der Waals surface area contributed by atoms with E-state index in [-0.39, 0.29) is 18.4 Å². The van der Waals surface area contributed by atoms with Gasteiger partial charge in [0.2, 0.25) is 5.91 Å². The molecule has 3 aliphatic heterocycles. The fourth-order valence-electron chi connectivity index (χ4n) is 7.08. The lowest BCUT2D eigenvalue weighted by Crippen LogP contribution is -2.55. The summed E-state index contributed by atoms with van der Waals surface area (Å²) >= 11 is 0. The number of amides is 1. The number of ether oxygens (including phenoxy) is 3. The summed E-state index contributed by atoms with van der Waals surface area (Å²) in [5, 5.41) is 9.54. The largest absolute Gasteiger partial charge is 0.497 e. The second-order valence-electron chi connectivity index (χ2n) is 11.9. The summed E-state index contributed by atoms with van der Waals surface area (Å²) in [6.07, 6.45) is 6.44. The molecule has 2 aromatic rings. The summed E-state index contributed by atoms with van der Waals surface area (Å²) in [5.41, 5.74) is 4.83. The number of nitrogens with zero attached hydrogens (tertiary/aromatic N) is 7. The molecule has 2 atom stereocenters. The molecule has 11 nitrogen and oxygen atoms in total. The average Bonchev–Trinajstić information content (AvgIpc) is 3.07. The van der Waals surface area contributed by atoms with Crippen molar-refractivity contribution in [3.05, 3.63) is 47.7 Å². The summed E-state index contributed by atoms with van der Waals surface area (Å²) in [7, 11) is 1.72. The van der Waals surface area contributed by atoms with Crippen LogP contribution in [0.15, 0.2) is 30.9 Å². The fourth-order valence-corrected chi connectivity index (χ4v) is 7.08. The number of morpholine rings is 1. The molecule has 4 heterocycles. The van der Waals surface area contributed by atoms with Gasteiger partial charge in [-0.15, -0.1) is 0 Å². The highest BCUT2D eigenvalue weighted by Crippen LogP contribution is 2.37. The van der Waals surface area contributed by atoms with Crippen LogP contribution in [0.25, 0.3) is 0 Å². The highest BCUT2D eigenvalue weighted by atomic mass is 16.5. The SMILES string of the molecule is C=CC(=O)N1CCN(c2nc(OCCN3CCOCC3)nc3c2CCC(N2CCCc4cc(OC)ccc42)C3)CC1CC#N. The van der Waals surface area contributed by atoms with Crippen LogP contribution in [-0.4, -0.2) is 111 Å². The molecular weight excluding hydrogens is 558 g/mol. The Kier molecular flexibility index (Phi) is 9.48. The van der Waals surface area contributed by atoms with E-state index in [1.807, 2.05) is 0 Å². The zero-order valence-corrected chi connectivity index (χ0v) is 25.7. The number of aromatic nitrogens is 2. The molecule has 1 amide bonds. The first-order valence-corrected chi connectivity index (χ1v) is 15.9. The molecular formula is C33H43N7O4. The average molecular weight is 602 g/mol. The lowest BCUT2D eigenvalue weighted by molar-refractivity contribution is -0.128. The maximum atomic E-state index is 12.6. The number of anilines is 2. The molecule has 2 saturated heterocycles. The maximum absolute atomic E-state index is 12.6. The smallest absolute Gasteiger partial charge is 0.318 e. The van der Waals surface area contributed by atoms with Crippen molar-refractivity contribution in [2.45, 2.75) is 50.6 Å². The first kappa shape index (κ1) is 30.2. The molecule has 2 unspecified atom stereocenters. The molecule has 6 rings (SSSR count). The van der Waals surface area contributed by atoms with Gasteiger partial charge in [0.1, 0.15) is 18.2 Å². The van der Waals surface area contributed by atoms with Crippen LogP contribution in [0.2, 0.25) is 0 Å². The summed E-state index contributed by atoms with van der Waals surface area (Å²) < 4.78 is 17.2. The number of piperazine rings is 1. The number of aryl methyl sites for hydroxylation is 1. The Morgan fingerprint density at radius 3 is 2.84 bits per heavy atom. The van der Waals surface area contributed by atoms with E-state index in [2.05, 4.69) is 45.5 Å². The molecule has 0 bridgehead atoms. The monoisotopic (exact) mass is 601 g/mol. The van der Waals surface area contributed by atoms with E-state index in [4.69, 9.17) is 24.2 Å². The van der Waals surface area contributed by atoms with Crippen LogP contribution in [0.5, 0.6) is 11.8 Å². The van der Waals surface area contributed by atoms with Gasteiger partial charge >= 0.3 is 6.01 Å². The standard InChI is InChI=1S/C33H43N7O4/c1-3-31(41)40-14-13-38(23-26(40)10-11-34)32-28-8-6-25(39-12-4-5-24-21-27(42-2)7-9-30(24)39)22-29(28)35-33(36-32)44-20-17-37-15-18-43-19-16-37/h3,7,9,21,25-26H,1,4-6,8,10,12-20,22-23H2,2H3. The van der Waals surface area contributed by atoms with Gasteiger partial charge in [0.05, 0.1) is 44.5 Å². The number of hydrogen-bond acceptors (Lipinski definition) is 10. The zero-order chi connectivity index (χ0) is 30.5. The number of hydrogen-bond donors (Lipinski definition) is 0. The van der Waals surface area contributed by atoms with Crippen LogP contribution >= 0.6 is 0 Å². The summed E-state index contributed by atoms with van der Waals surface area (Å²) in [4.78, 5) is 31.4. The Labute approximate surface area is 260 Å². The van der Waals surface area contributed by atoms with E-state index < -0.39 is 0 Å². The molecule has 1 aromatic carbocycles. The maximum Gasteiger partial charge on any atom is 0.318 e. The first-order valence-electron chi connectivity index (χ1n) is 15.9. The van der Waals surface area contributed by atoms with Crippen molar-refractivity contribution in [1.29, 1.82) is 5.26 Å². The van der Waals surface area contributed by atoms with Gasteiger partial charge in [-0.1, -0.05) is 6.58 Å². The van der Waals surface area contributed by atoms with Crippen molar-refractivity contribution in [2.24, 2.45) is 0 Å². The molecule has 11 heteroatoms. The zero-order valence-electron chi connectivity index (χ0n) is 25.7. The van der Waals surface area contributed by atoms with Crippen LogP contribution in [0.3, 0.4) is 0 Å². The van der Waals surface area contributed by atoms with Gasteiger partial charge in [-0.05, 0) is 55.5 Å². The van der Waals surface area contributed by atoms with Gasteiger partial charge in [0.25, 0.3) is 0 Å². The van der Waals surface area contributed by atoms with E-state index in [0.29, 0.717) is 38.3 Å². The molecule has 4 aliphatic rings. The topological polar surface area (TPSA) is 107 Å².